The molecular formula is C23H33N5O2. The number of rotatable bonds is 6. The molecular weight excluding hydrogens is 378 g/mol. The number of hydrogen-bond acceptors (Lipinski definition) is 7. The van der Waals surface area contributed by atoms with Gasteiger partial charge in [0.05, 0.1) is 31.0 Å². The molecule has 2 N–H and O–H groups in total. The molecule has 30 heavy (non-hydrogen) atoms. The van der Waals surface area contributed by atoms with Gasteiger partial charge in [-0.15, -0.1) is 0 Å². The van der Waals surface area contributed by atoms with Crippen molar-refractivity contribution in [2.45, 2.75) is 57.0 Å². The summed E-state index contributed by atoms with van der Waals surface area (Å²) >= 11 is 0. The lowest BCUT2D eigenvalue weighted by Crippen LogP contribution is -2.41. The molecule has 2 fully saturated rings. The SMILES string of the molecule is CN(C)c1ccc(CN[C@H]2CO[C@H]3[C@H]2OC[C@H]3Nc2nccc(C(C)(C)C)n2)cc1. The molecule has 162 valence electrons. The number of ether oxygens (including phenoxy) is 2. The average molecular weight is 412 g/mol. The first-order chi connectivity index (χ1) is 14.3. The van der Waals surface area contributed by atoms with Crippen molar-refractivity contribution >= 4 is 11.6 Å². The fraction of sp³-hybridized carbons (Fsp3) is 0.565. The van der Waals surface area contributed by atoms with Crippen molar-refractivity contribution in [3.8, 4) is 0 Å². The van der Waals surface area contributed by atoms with Crippen LogP contribution in [0.1, 0.15) is 32.0 Å². The molecule has 2 aliphatic rings. The van der Waals surface area contributed by atoms with Crippen molar-refractivity contribution < 1.29 is 9.47 Å². The van der Waals surface area contributed by atoms with E-state index in [1.54, 1.807) is 0 Å². The zero-order valence-electron chi connectivity index (χ0n) is 18.6. The summed E-state index contributed by atoms with van der Waals surface area (Å²) in [4.78, 5) is 11.2. The highest BCUT2D eigenvalue weighted by Gasteiger charge is 2.47. The molecule has 0 unspecified atom stereocenters. The normalized spacial score (nSPS) is 25.9. The molecule has 2 aromatic rings. The third-order valence-electron chi connectivity index (χ3n) is 5.81. The van der Waals surface area contributed by atoms with Crippen molar-refractivity contribution in [3.05, 3.63) is 47.8 Å². The zero-order valence-corrected chi connectivity index (χ0v) is 18.6. The van der Waals surface area contributed by atoms with E-state index in [1.165, 1.54) is 11.3 Å². The Morgan fingerprint density at radius 1 is 1.00 bits per heavy atom. The summed E-state index contributed by atoms with van der Waals surface area (Å²) < 4.78 is 12.2. The molecule has 0 bridgehead atoms. The van der Waals surface area contributed by atoms with E-state index >= 15 is 0 Å². The first kappa shape index (κ1) is 21.0. The minimum Gasteiger partial charge on any atom is -0.378 e. The fourth-order valence-corrected chi connectivity index (χ4v) is 3.97. The van der Waals surface area contributed by atoms with Crippen LogP contribution in [0.2, 0.25) is 0 Å². The maximum Gasteiger partial charge on any atom is 0.223 e. The summed E-state index contributed by atoms with van der Waals surface area (Å²) in [6, 6.07) is 10.8. The van der Waals surface area contributed by atoms with Crippen LogP contribution in [-0.4, -0.2) is 61.6 Å². The highest BCUT2D eigenvalue weighted by atomic mass is 16.6. The monoisotopic (exact) mass is 411 g/mol. The zero-order chi connectivity index (χ0) is 21.3. The van der Waals surface area contributed by atoms with Gasteiger partial charge in [0.2, 0.25) is 5.95 Å². The Morgan fingerprint density at radius 3 is 2.33 bits per heavy atom. The second-order valence-corrected chi connectivity index (χ2v) is 9.41. The molecule has 0 radical (unpaired) electrons. The smallest absolute Gasteiger partial charge is 0.223 e. The minimum absolute atomic E-state index is 0.000472. The van der Waals surface area contributed by atoms with E-state index in [-0.39, 0.29) is 29.7 Å². The molecule has 1 aromatic heterocycles. The van der Waals surface area contributed by atoms with Crippen LogP contribution < -0.4 is 15.5 Å². The molecule has 0 spiro atoms. The van der Waals surface area contributed by atoms with Gasteiger partial charge in [-0.1, -0.05) is 32.9 Å². The number of fused-ring (bicyclic) bond motifs is 1. The highest BCUT2D eigenvalue weighted by molar-refractivity contribution is 5.46. The van der Waals surface area contributed by atoms with Gasteiger partial charge in [-0.25, -0.2) is 9.97 Å². The number of nitrogens with zero attached hydrogens (tertiary/aromatic N) is 3. The molecule has 7 nitrogen and oxygen atoms in total. The van der Waals surface area contributed by atoms with Crippen LogP contribution >= 0.6 is 0 Å². The van der Waals surface area contributed by atoms with Crippen molar-refractivity contribution in [2.24, 2.45) is 0 Å². The summed E-state index contributed by atoms with van der Waals surface area (Å²) in [6.07, 6.45) is 1.85. The van der Waals surface area contributed by atoms with Crippen LogP contribution in [0, 0.1) is 0 Å². The molecule has 0 saturated carbocycles. The Kier molecular flexibility index (Phi) is 5.95. The molecule has 2 saturated heterocycles. The average Bonchev–Trinajstić information content (AvgIpc) is 3.29. The Balaban J connectivity index is 1.33. The summed E-state index contributed by atoms with van der Waals surface area (Å²) in [5.41, 5.74) is 3.46. The lowest BCUT2D eigenvalue weighted by atomic mass is 9.92. The molecule has 0 aliphatic carbocycles. The van der Waals surface area contributed by atoms with E-state index in [2.05, 4.69) is 84.6 Å². The summed E-state index contributed by atoms with van der Waals surface area (Å²) in [7, 11) is 4.10. The number of benzene rings is 1. The molecule has 4 atom stereocenters. The number of anilines is 2. The van der Waals surface area contributed by atoms with Crippen LogP contribution in [0.4, 0.5) is 11.6 Å². The van der Waals surface area contributed by atoms with Crippen LogP contribution in [0.25, 0.3) is 0 Å². The number of hydrogen-bond donors (Lipinski definition) is 2. The Labute approximate surface area is 179 Å². The number of nitrogens with one attached hydrogen (secondary N) is 2. The van der Waals surface area contributed by atoms with E-state index in [9.17, 15) is 0 Å². The predicted molar refractivity (Wildman–Crippen MR) is 119 cm³/mol. The fourth-order valence-electron chi connectivity index (χ4n) is 3.97. The maximum atomic E-state index is 6.10. The minimum atomic E-state index is -0.0162. The van der Waals surface area contributed by atoms with Crippen LogP contribution in [-0.2, 0) is 21.4 Å². The van der Waals surface area contributed by atoms with Crippen LogP contribution in [0.3, 0.4) is 0 Å². The van der Waals surface area contributed by atoms with Crippen LogP contribution in [0.15, 0.2) is 36.5 Å². The lowest BCUT2D eigenvalue weighted by molar-refractivity contribution is 0.0675. The second kappa shape index (κ2) is 8.49. The van der Waals surface area contributed by atoms with E-state index in [4.69, 9.17) is 9.47 Å². The van der Waals surface area contributed by atoms with E-state index in [0.29, 0.717) is 19.2 Å². The summed E-state index contributed by atoms with van der Waals surface area (Å²) in [6.45, 7) is 8.48. The lowest BCUT2D eigenvalue weighted by Gasteiger charge is -2.21. The van der Waals surface area contributed by atoms with Crippen molar-refractivity contribution in [1.29, 1.82) is 0 Å². The molecule has 0 amide bonds. The molecule has 7 heteroatoms. The quantitative estimate of drug-likeness (QED) is 0.757. The Bertz CT molecular complexity index is 849. The van der Waals surface area contributed by atoms with Gasteiger partial charge in [-0.3, -0.25) is 0 Å². The van der Waals surface area contributed by atoms with Crippen molar-refractivity contribution in [2.75, 3.05) is 37.5 Å². The van der Waals surface area contributed by atoms with Gasteiger partial charge in [-0.2, -0.15) is 0 Å². The van der Waals surface area contributed by atoms with Crippen LogP contribution in [0.5, 0.6) is 0 Å². The third-order valence-corrected chi connectivity index (χ3v) is 5.81. The van der Waals surface area contributed by atoms with Gasteiger partial charge in [0.1, 0.15) is 12.2 Å². The first-order valence-electron chi connectivity index (χ1n) is 10.6. The van der Waals surface area contributed by atoms with Gasteiger partial charge in [-0.05, 0) is 23.8 Å². The Hall–Kier alpha value is -2.22. The largest absolute Gasteiger partial charge is 0.378 e. The van der Waals surface area contributed by atoms with E-state index in [0.717, 1.165) is 12.2 Å². The standard InChI is InChI=1S/C23H33N5O2/c1-23(2,3)19-10-11-24-22(27-19)26-18-14-30-20-17(13-29-21(18)20)25-12-15-6-8-16(9-7-15)28(4)5/h6-11,17-18,20-21,25H,12-14H2,1-5H3,(H,24,26,27)/t17-,18+,20-,21+/m0/s1. The highest BCUT2D eigenvalue weighted by Crippen LogP contribution is 2.29. The Morgan fingerprint density at radius 2 is 1.67 bits per heavy atom. The summed E-state index contributed by atoms with van der Waals surface area (Å²) in [5, 5.41) is 7.04. The van der Waals surface area contributed by atoms with Gasteiger partial charge in [0, 0.05) is 37.9 Å². The second-order valence-electron chi connectivity index (χ2n) is 9.41. The topological polar surface area (TPSA) is 71.5 Å². The molecule has 3 heterocycles. The van der Waals surface area contributed by atoms with Crippen molar-refractivity contribution in [1.82, 2.24) is 15.3 Å². The molecule has 1 aromatic carbocycles. The maximum absolute atomic E-state index is 6.10. The van der Waals surface area contributed by atoms with Gasteiger partial charge in [0.25, 0.3) is 0 Å². The van der Waals surface area contributed by atoms with Gasteiger partial charge in [0.15, 0.2) is 0 Å². The number of aromatic nitrogens is 2. The summed E-state index contributed by atoms with van der Waals surface area (Å²) in [5.74, 6) is 0.637. The third kappa shape index (κ3) is 4.58. The van der Waals surface area contributed by atoms with E-state index < -0.39 is 0 Å². The van der Waals surface area contributed by atoms with Gasteiger partial charge < -0.3 is 25.0 Å². The predicted octanol–water partition coefficient (Wildman–Crippen LogP) is 2.58. The molecule has 4 rings (SSSR count). The van der Waals surface area contributed by atoms with Crippen molar-refractivity contribution in [3.63, 3.8) is 0 Å². The first-order valence-corrected chi connectivity index (χ1v) is 10.6. The van der Waals surface area contributed by atoms with Gasteiger partial charge >= 0.3 is 0 Å². The van der Waals surface area contributed by atoms with E-state index in [1.807, 2.05) is 12.3 Å². The molecule has 2 aliphatic heterocycles.